The third kappa shape index (κ3) is 14.3. The summed E-state index contributed by atoms with van der Waals surface area (Å²) in [6.45, 7) is 4.09. The Morgan fingerprint density at radius 2 is 1.28 bits per heavy atom. The monoisotopic (exact) mass is 884 g/mol. The van der Waals surface area contributed by atoms with E-state index in [0.717, 1.165) is 54.4 Å². The van der Waals surface area contributed by atoms with Crippen molar-refractivity contribution in [3.05, 3.63) is 131 Å². The standard InChI is InChI=1S/C51H64N8O6/c1-36(52-2)48(62)57-47(41-16-10-5-11-17-41)51(65)59-31-29-53-32-44(59)35-58(30-27-38-14-8-4-9-15-38)46(61)34-56-50(64)43-24-20-40(21-25-43)39-18-22-42(23-19-39)49(63)55-33-45(60)54-28-26-37-12-6-3-7-13-37/h3-4,6-9,12-15,18-25,36,41,44,47,52-53H,5,10-11,16-17,26-35H2,1-2H3,(H,54,60)(H,55,63)(H,56,64)(H,57,62)/t36-,44-,47-/m0/s1. The highest BCUT2D eigenvalue weighted by atomic mass is 16.2. The fraction of sp³-hybridized carbons (Fsp3) is 0.412. The Bertz CT molecular complexity index is 2180. The van der Waals surface area contributed by atoms with Crippen LogP contribution >= 0.6 is 0 Å². The molecular weight excluding hydrogens is 821 g/mol. The highest BCUT2D eigenvalue weighted by Crippen LogP contribution is 2.28. The van der Waals surface area contributed by atoms with Gasteiger partial charge in [-0.2, -0.15) is 0 Å². The lowest BCUT2D eigenvalue weighted by molar-refractivity contribution is -0.143. The topological polar surface area (TPSA) is 181 Å². The minimum absolute atomic E-state index is 0.0432. The van der Waals surface area contributed by atoms with Crippen LogP contribution in [-0.4, -0.2) is 123 Å². The number of nitrogens with zero attached hydrogens (tertiary/aromatic N) is 2. The minimum atomic E-state index is -0.647. The first kappa shape index (κ1) is 48.1. The molecule has 6 rings (SSSR count). The van der Waals surface area contributed by atoms with Crippen LogP contribution in [0.1, 0.15) is 70.9 Å². The van der Waals surface area contributed by atoms with E-state index in [4.69, 9.17) is 0 Å². The van der Waals surface area contributed by atoms with Gasteiger partial charge in [0.15, 0.2) is 0 Å². The van der Waals surface area contributed by atoms with Crippen molar-refractivity contribution in [2.24, 2.45) is 5.92 Å². The van der Waals surface area contributed by atoms with E-state index < -0.39 is 18.0 Å². The van der Waals surface area contributed by atoms with E-state index in [1.807, 2.05) is 77.7 Å². The largest absolute Gasteiger partial charge is 0.354 e. The van der Waals surface area contributed by atoms with Crippen LogP contribution in [0.5, 0.6) is 0 Å². The summed E-state index contributed by atoms with van der Waals surface area (Å²) < 4.78 is 0. The normalized spacial score (nSPS) is 16.1. The lowest BCUT2D eigenvalue weighted by Gasteiger charge is -2.42. The van der Waals surface area contributed by atoms with E-state index in [2.05, 4.69) is 31.9 Å². The molecule has 0 unspecified atom stereocenters. The summed E-state index contributed by atoms with van der Waals surface area (Å²) in [5.41, 5.74) is 4.64. The number of amides is 6. The molecule has 0 radical (unpaired) electrons. The van der Waals surface area contributed by atoms with E-state index >= 15 is 0 Å². The zero-order valence-corrected chi connectivity index (χ0v) is 37.7. The second-order valence-corrected chi connectivity index (χ2v) is 17.0. The number of piperazine rings is 1. The number of hydrogen-bond acceptors (Lipinski definition) is 8. The van der Waals surface area contributed by atoms with Crippen molar-refractivity contribution in [2.75, 3.05) is 59.4 Å². The molecule has 14 nitrogen and oxygen atoms in total. The highest BCUT2D eigenvalue weighted by Gasteiger charge is 2.38. The molecule has 2 aliphatic rings. The summed E-state index contributed by atoms with van der Waals surface area (Å²) in [5.74, 6) is -1.57. The summed E-state index contributed by atoms with van der Waals surface area (Å²) in [5, 5.41) is 17.8. The zero-order valence-electron chi connectivity index (χ0n) is 37.7. The predicted molar refractivity (Wildman–Crippen MR) is 252 cm³/mol. The van der Waals surface area contributed by atoms with Crippen molar-refractivity contribution >= 4 is 35.4 Å². The van der Waals surface area contributed by atoms with Gasteiger partial charge < -0.3 is 41.7 Å². The number of likely N-dealkylation sites (N-methyl/N-ethyl adjacent to an activating group) is 1. The quantitative estimate of drug-likeness (QED) is 0.0778. The maximum absolute atomic E-state index is 14.5. The third-order valence-electron chi connectivity index (χ3n) is 12.5. The van der Waals surface area contributed by atoms with Crippen LogP contribution in [0.4, 0.5) is 0 Å². The molecule has 0 spiro atoms. The Balaban J connectivity index is 1.04. The molecule has 1 heterocycles. The molecule has 6 amide bonds. The Kier molecular flexibility index (Phi) is 18.2. The first-order valence-corrected chi connectivity index (χ1v) is 23.0. The number of benzene rings is 4. The number of rotatable bonds is 20. The fourth-order valence-corrected chi connectivity index (χ4v) is 8.45. The molecular formula is C51H64N8O6. The second-order valence-electron chi connectivity index (χ2n) is 17.0. The number of nitrogens with one attached hydrogen (secondary N) is 6. The molecule has 0 bridgehead atoms. The molecule has 6 N–H and O–H groups in total. The van der Waals surface area contributed by atoms with Crippen molar-refractivity contribution in [1.29, 1.82) is 0 Å². The third-order valence-corrected chi connectivity index (χ3v) is 12.5. The van der Waals surface area contributed by atoms with Gasteiger partial charge in [-0.05, 0) is 92.1 Å². The van der Waals surface area contributed by atoms with Gasteiger partial charge in [0.1, 0.15) is 6.04 Å². The van der Waals surface area contributed by atoms with Crippen molar-refractivity contribution in [3.8, 4) is 11.1 Å². The zero-order chi connectivity index (χ0) is 46.0. The Morgan fingerprint density at radius 3 is 1.86 bits per heavy atom. The van der Waals surface area contributed by atoms with E-state index in [9.17, 15) is 28.8 Å². The van der Waals surface area contributed by atoms with Crippen LogP contribution in [0.25, 0.3) is 11.1 Å². The molecule has 1 saturated heterocycles. The summed E-state index contributed by atoms with van der Waals surface area (Å²) in [4.78, 5) is 83.7. The van der Waals surface area contributed by atoms with Crippen molar-refractivity contribution in [1.82, 2.24) is 41.7 Å². The highest BCUT2D eigenvalue weighted by molar-refractivity contribution is 5.98. The first-order valence-electron chi connectivity index (χ1n) is 23.0. The molecule has 14 heteroatoms. The maximum atomic E-state index is 14.5. The second kappa shape index (κ2) is 24.6. The number of hydrogen-bond donors (Lipinski definition) is 6. The van der Waals surface area contributed by atoms with Gasteiger partial charge in [0.2, 0.25) is 23.6 Å². The summed E-state index contributed by atoms with van der Waals surface area (Å²) in [7, 11) is 1.72. The average Bonchev–Trinajstić information content (AvgIpc) is 3.35. The van der Waals surface area contributed by atoms with Gasteiger partial charge in [-0.15, -0.1) is 0 Å². The number of carbonyl (C=O) groups is 6. The fourth-order valence-electron chi connectivity index (χ4n) is 8.45. The molecule has 3 atom stereocenters. The Hall–Kier alpha value is -6.38. The molecule has 344 valence electrons. The smallest absolute Gasteiger partial charge is 0.251 e. The van der Waals surface area contributed by atoms with E-state index in [0.29, 0.717) is 56.7 Å². The Morgan fingerprint density at radius 1 is 0.708 bits per heavy atom. The Labute approximate surface area is 382 Å². The molecule has 0 aromatic heterocycles. The van der Waals surface area contributed by atoms with Gasteiger partial charge in [-0.25, -0.2) is 0 Å². The minimum Gasteiger partial charge on any atom is -0.354 e. The number of carbonyl (C=O) groups excluding carboxylic acids is 6. The van der Waals surface area contributed by atoms with Crippen molar-refractivity contribution in [2.45, 2.75) is 70.0 Å². The van der Waals surface area contributed by atoms with Gasteiger partial charge in [0.25, 0.3) is 11.8 Å². The van der Waals surface area contributed by atoms with Crippen molar-refractivity contribution < 1.29 is 28.8 Å². The van der Waals surface area contributed by atoms with E-state index in [1.54, 1.807) is 55.3 Å². The lowest BCUT2D eigenvalue weighted by atomic mass is 9.83. The van der Waals surface area contributed by atoms with Crippen LogP contribution in [-0.2, 0) is 32.0 Å². The van der Waals surface area contributed by atoms with Crippen LogP contribution in [0, 0.1) is 5.92 Å². The molecule has 4 aromatic carbocycles. The molecule has 65 heavy (non-hydrogen) atoms. The molecule has 1 saturated carbocycles. The van der Waals surface area contributed by atoms with Gasteiger partial charge in [-0.1, -0.05) is 104 Å². The first-order chi connectivity index (χ1) is 31.6. The van der Waals surface area contributed by atoms with Crippen LogP contribution in [0.3, 0.4) is 0 Å². The van der Waals surface area contributed by atoms with E-state index in [-0.39, 0.29) is 61.1 Å². The van der Waals surface area contributed by atoms with Crippen LogP contribution in [0.15, 0.2) is 109 Å². The SMILES string of the molecule is CN[C@@H](C)C(=O)N[C@H](C(=O)N1CCNC[C@H]1CN(CCc1ccccc1)C(=O)CNC(=O)c1ccc(-c2ccc(C(=O)NCC(=O)NCCc3ccccc3)cc2)cc1)C1CCCCC1. The predicted octanol–water partition coefficient (Wildman–Crippen LogP) is 3.72. The lowest BCUT2D eigenvalue weighted by Crippen LogP contribution is -2.64. The van der Waals surface area contributed by atoms with Crippen LogP contribution < -0.4 is 31.9 Å². The maximum Gasteiger partial charge on any atom is 0.251 e. The van der Waals surface area contributed by atoms with Gasteiger partial charge in [0, 0.05) is 50.4 Å². The van der Waals surface area contributed by atoms with Gasteiger partial charge >= 0.3 is 0 Å². The summed E-state index contributed by atoms with van der Waals surface area (Å²) >= 11 is 0. The van der Waals surface area contributed by atoms with E-state index in [1.165, 1.54) is 0 Å². The average molecular weight is 885 g/mol. The van der Waals surface area contributed by atoms with Gasteiger partial charge in [0.05, 0.1) is 25.2 Å². The summed E-state index contributed by atoms with van der Waals surface area (Å²) in [6.07, 6.45) is 6.20. The van der Waals surface area contributed by atoms with Gasteiger partial charge in [-0.3, -0.25) is 28.8 Å². The van der Waals surface area contributed by atoms with Crippen LogP contribution in [0.2, 0.25) is 0 Å². The molecule has 2 fully saturated rings. The molecule has 1 aliphatic heterocycles. The molecule has 4 aromatic rings. The van der Waals surface area contributed by atoms with Crippen molar-refractivity contribution in [3.63, 3.8) is 0 Å². The summed E-state index contributed by atoms with van der Waals surface area (Å²) in [6, 6.07) is 32.3. The molecule has 1 aliphatic carbocycles.